The summed E-state index contributed by atoms with van der Waals surface area (Å²) in [6, 6.07) is 4.63. The molecule has 2 aromatic rings. The Kier molecular flexibility index (Phi) is 5.35. The van der Waals surface area contributed by atoms with E-state index in [1.165, 1.54) is 6.07 Å². The maximum absolute atomic E-state index is 14.5. The highest BCUT2D eigenvalue weighted by atomic mass is 19.1. The standard InChI is InChI=1S/C19H24FN5O2/c20-15-12-14(19(26)25-6-1-2-17-18(25)13-22-23-17)3-4-16(15)21-5-7-24-8-10-27-11-9-24/h3-4,12-13,21H,1-2,5-11H2,(H,22,23). The van der Waals surface area contributed by atoms with E-state index in [-0.39, 0.29) is 5.91 Å². The second-order valence-electron chi connectivity index (χ2n) is 6.87. The Labute approximate surface area is 157 Å². The summed E-state index contributed by atoms with van der Waals surface area (Å²) in [7, 11) is 0. The Morgan fingerprint density at radius 2 is 2.15 bits per heavy atom. The zero-order valence-electron chi connectivity index (χ0n) is 15.2. The predicted octanol–water partition coefficient (Wildman–Crippen LogP) is 1.89. The van der Waals surface area contributed by atoms with E-state index in [9.17, 15) is 9.18 Å². The number of rotatable bonds is 5. The molecule has 1 saturated heterocycles. The van der Waals surface area contributed by atoms with Gasteiger partial charge in [-0.15, -0.1) is 0 Å². The number of anilines is 2. The van der Waals surface area contributed by atoms with Crippen molar-refractivity contribution in [2.24, 2.45) is 0 Å². The van der Waals surface area contributed by atoms with Crippen LogP contribution in [0.3, 0.4) is 0 Å². The summed E-state index contributed by atoms with van der Waals surface area (Å²) in [5.74, 6) is -0.608. The number of morpholine rings is 1. The molecule has 1 aromatic heterocycles. The van der Waals surface area contributed by atoms with Crippen LogP contribution in [0.4, 0.5) is 15.8 Å². The third-order valence-corrected chi connectivity index (χ3v) is 5.10. The number of carbonyl (C=O) groups excluding carboxylic acids is 1. The van der Waals surface area contributed by atoms with Crippen LogP contribution >= 0.6 is 0 Å². The maximum Gasteiger partial charge on any atom is 0.258 e. The molecule has 2 aliphatic heterocycles. The van der Waals surface area contributed by atoms with Crippen molar-refractivity contribution in [2.75, 3.05) is 56.2 Å². The minimum Gasteiger partial charge on any atom is -0.381 e. The average Bonchev–Trinajstić information content (AvgIpc) is 3.18. The van der Waals surface area contributed by atoms with Crippen molar-refractivity contribution < 1.29 is 13.9 Å². The fourth-order valence-corrected chi connectivity index (χ4v) is 3.59. The number of ether oxygens (including phenoxy) is 1. The van der Waals surface area contributed by atoms with Gasteiger partial charge in [-0.25, -0.2) is 4.39 Å². The van der Waals surface area contributed by atoms with Gasteiger partial charge in [-0.1, -0.05) is 0 Å². The van der Waals surface area contributed by atoms with Crippen LogP contribution in [0.25, 0.3) is 0 Å². The van der Waals surface area contributed by atoms with Gasteiger partial charge < -0.3 is 15.0 Å². The van der Waals surface area contributed by atoms with E-state index >= 15 is 0 Å². The molecule has 0 bridgehead atoms. The summed E-state index contributed by atoms with van der Waals surface area (Å²) >= 11 is 0. The van der Waals surface area contributed by atoms with Gasteiger partial charge in [0.05, 0.1) is 36.5 Å². The molecular formula is C19H24FN5O2. The Morgan fingerprint density at radius 1 is 1.30 bits per heavy atom. The number of carbonyl (C=O) groups is 1. The highest BCUT2D eigenvalue weighted by Gasteiger charge is 2.25. The first-order valence-electron chi connectivity index (χ1n) is 9.40. The average molecular weight is 373 g/mol. The third kappa shape index (κ3) is 3.96. The molecule has 0 atom stereocenters. The number of benzene rings is 1. The number of fused-ring (bicyclic) bond motifs is 1. The maximum atomic E-state index is 14.5. The number of hydrogen-bond donors (Lipinski definition) is 2. The molecule has 2 aliphatic rings. The van der Waals surface area contributed by atoms with Crippen molar-refractivity contribution in [3.8, 4) is 0 Å². The van der Waals surface area contributed by atoms with Crippen LogP contribution in [-0.2, 0) is 11.2 Å². The van der Waals surface area contributed by atoms with E-state index in [0.717, 1.165) is 57.1 Å². The molecule has 1 fully saturated rings. The van der Waals surface area contributed by atoms with Crippen LogP contribution in [0.2, 0.25) is 0 Å². The first-order valence-corrected chi connectivity index (χ1v) is 9.40. The van der Waals surface area contributed by atoms with E-state index in [1.54, 1.807) is 23.2 Å². The van der Waals surface area contributed by atoms with Crippen molar-refractivity contribution in [1.82, 2.24) is 15.1 Å². The smallest absolute Gasteiger partial charge is 0.258 e. The molecule has 3 heterocycles. The first kappa shape index (κ1) is 17.9. The second kappa shape index (κ2) is 8.06. The van der Waals surface area contributed by atoms with Gasteiger partial charge in [-0.2, -0.15) is 5.10 Å². The van der Waals surface area contributed by atoms with Gasteiger partial charge >= 0.3 is 0 Å². The Bertz CT molecular complexity index is 803. The van der Waals surface area contributed by atoms with Crippen LogP contribution in [0, 0.1) is 5.82 Å². The lowest BCUT2D eigenvalue weighted by Crippen LogP contribution is -2.39. The van der Waals surface area contributed by atoms with Crippen LogP contribution < -0.4 is 10.2 Å². The molecule has 2 N–H and O–H groups in total. The van der Waals surface area contributed by atoms with Crippen molar-refractivity contribution >= 4 is 17.3 Å². The minimum absolute atomic E-state index is 0.198. The Morgan fingerprint density at radius 3 is 2.96 bits per heavy atom. The van der Waals surface area contributed by atoms with Gasteiger partial charge in [0.2, 0.25) is 0 Å². The van der Waals surface area contributed by atoms with Crippen molar-refractivity contribution in [2.45, 2.75) is 12.8 Å². The molecule has 0 aliphatic carbocycles. The fourth-order valence-electron chi connectivity index (χ4n) is 3.59. The van der Waals surface area contributed by atoms with Crippen molar-refractivity contribution in [1.29, 1.82) is 0 Å². The van der Waals surface area contributed by atoms with Gasteiger partial charge in [0, 0.05) is 38.3 Å². The van der Waals surface area contributed by atoms with Crippen LogP contribution in [0.15, 0.2) is 24.4 Å². The summed E-state index contributed by atoms with van der Waals surface area (Å²) in [4.78, 5) is 16.8. The number of aromatic amines is 1. The highest BCUT2D eigenvalue weighted by molar-refractivity contribution is 6.06. The van der Waals surface area contributed by atoms with Crippen LogP contribution in [-0.4, -0.2) is 66.9 Å². The van der Waals surface area contributed by atoms with Crippen molar-refractivity contribution in [3.05, 3.63) is 41.5 Å². The minimum atomic E-state index is -0.410. The van der Waals surface area contributed by atoms with E-state index in [4.69, 9.17) is 4.74 Å². The molecule has 0 spiro atoms. The summed E-state index contributed by atoms with van der Waals surface area (Å²) in [6.07, 6.45) is 3.40. The Balaban J connectivity index is 1.39. The normalized spacial score (nSPS) is 17.6. The molecule has 0 radical (unpaired) electrons. The monoisotopic (exact) mass is 373 g/mol. The predicted molar refractivity (Wildman–Crippen MR) is 101 cm³/mol. The Hall–Kier alpha value is -2.45. The van der Waals surface area contributed by atoms with Crippen LogP contribution in [0.1, 0.15) is 22.5 Å². The van der Waals surface area contributed by atoms with Crippen molar-refractivity contribution in [3.63, 3.8) is 0 Å². The quantitative estimate of drug-likeness (QED) is 0.837. The number of aromatic nitrogens is 2. The van der Waals surface area contributed by atoms with Gasteiger partial charge in [0.15, 0.2) is 0 Å². The molecule has 8 heteroatoms. The summed E-state index contributed by atoms with van der Waals surface area (Å²) in [5, 5.41) is 10.1. The largest absolute Gasteiger partial charge is 0.381 e. The topological polar surface area (TPSA) is 73.5 Å². The summed E-state index contributed by atoms with van der Waals surface area (Å²) < 4.78 is 19.8. The molecule has 144 valence electrons. The molecule has 4 rings (SSSR count). The lowest BCUT2D eigenvalue weighted by molar-refractivity contribution is 0.0398. The molecular weight excluding hydrogens is 349 g/mol. The molecule has 1 aromatic carbocycles. The number of aryl methyl sites for hydroxylation is 1. The molecule has 1 amide bonds. The van der Waals surface area contributed by atoms with Gasteiger partial charge in [0.1, 0.15) is 5.82 Å². The second-order valence-corrected chi connectivity index (χ2v) is 6.87. The number of nitrogens with one attached hydrogen (secondary N) is 2. The molecule has 0 saturated carbocycles. The number of H-pyrrole nitrogens is 1. The number of hydrogen-bond acceptors (Lipinski definition) is 5. The third-order valence-electron chi connectivity index (χ3n) is 5.10. The van der Waals surface area contributed by atoms with Gasteiger partial charge in [0.25, 0.3) is 5.91 Å². The first-order chi connectivity index (χ1) is 13.2. The molecule has 7 nitrogen and oxygen atoms in total. The fraction of sp³-hybridized carbons (Fsp3) is 0.474. The lowest BCUT2D eigenvalue weighted by Gasteiger charge is -2.27. The number of halogens is 1. The van der Waals surface area contributed by atoms with Crippen LogP contribution in [0.5, 0.6) is 0 Å². The van der Waals surface area contributed by atoms with Gasteiger partial charge in [-0.05, 0) is 31.0 Å². The zero-order chi connectivity index (χ0) is 18.6. The summed E-state index contributed by atoms with van der Waals surface area (Å²) in [5.41, 5.74) is 2.51. The lowest BCUT2D eigenvalue weighted by atomic mass is 10.1. The van der Waals surface area contributed by atoms with E-state index in [1.807, 2.05) is 0 Å². The van der Waals surface area contributed by atoms with E-state index in [2.05, 4.69) is 20.4 Å². The summed E-state index contributed by atoms with van der Waals surface area (Å²) in [6.45, 7) is 5.41. The zero-order valence-corrected chi connectivity index (χ0v) is 15.2. The number of amides is 1. The highest BCUT2D eigenvalue weighted by Crippen LogP contribution is 2.27. The van der Waals surface area contributed by atoms with E-state index < -0.39 is 5.82 Å². The van der Waals surface area contributed by atoms with Gasteiger partial charge in [-0.3, -0.25) is 14.8 Å². The molecule has 0 unspecified atom stereocenters. The van der Waals surface area contributed by atoms with E-state index in [0.29, 0.717) is 24.3 Å². The molecule has 27 heavy (non-hydrogen) atoms. The SMILES string of the molecule is O=C(c1ccc(NCCN2CCOCC2)c(F)c1)N1CCCc2[nH]ncc21. The number of nitrogens with zero attached hydrogens (tertiary/aromatic N) is 3.